The van der Waals surface area contributed by atoms with Gasteiger partial charge in [0.15, 0.2) is 0 Å². The maximum atomic E-state index is 12.7. The summed E-state index contributed by atoms with van der Waals surface area (Å²) >= 11 is 0. The van der Waals surface area contributed by atoms with Gasteiger partial charge in [0.1, 0.15) is 10.6 Å². The third-order valence-electron chi connectivity index (χ3n) is 4.24. The van der Waals surface area contributed by atoms with Crippen LogP contribution in [0.4, 0.5) is 0 Å². The van der Waals surface area contributed by atoms with Crippen LogP contribution in [0.15, 0.2) is 35.2 Å². The molecule has 25 heavy (non-hydrogen) atoms. The number of benzene rings is 2. The zero-order valence-corrected chi connectivity index (χ0v) is 16.2. The van der Waals surface area contributed by atoms with Gasteiger partial charge in [-0.2, -0.15) is 0 Å². The Morgan fingerprint density at radius 3 is 2.56 bits per heavy atom. The summed E-state index contributed by atoms with van der Waals surface area (Å²) < 4.78 is 33.5. The summed E-state index contributed by atoms with van der Waals surface area (Å²) in [6, 6.07) is 9.65. The van der Waals surface area contributed by atoms with E-state index in [2.05, 4.69) is 22.2 Å². The lowest BCUT2D eigenvalue weighted by Gasteiger charge is -2.14. The SMILES string of the molecule is COc1cc(C)cc(C)c1S(=O)(=O)NCc1ccc2c(c1)CNC2.Cl. The van der Waals surface area contributed by atoms with Crippen LogP contribution in [0.5, 0.6) is 5.75 Å². The Kier molecular flexibility index (Phi) is 6.11. The summed E-state index contributed by atoms with van der Waals surface area (Å²) in [6.07, 6.45) is 0. The maximum Gasteiger partial charge on any atom is 0.244 e. The molecule has 5 nitrogen and oxygen atoms in total. The molecule has 3 rings (SSSR count). The molecular formula is C18H23ClN2O3S. The lowest BCUT2D eigenvalue weighted by atomic mass is 10.1. The van der Waals surface area contributed by atoms with E-state index in [0.29, 0.717) is 11.3 Å². The minimum absolute atomic E-state index is 0. The lowest BCUT2D eigenvalue weighted by molar-refractivity contribution is 0.401. The van der Waals surface area contributed by atoms with Crippen molar-refractivity contribution in [3.05, 3.63) is 58.1 Å². The van der Waals surface area contributed by atoms with Gasteiger partial charge in [-0.3, -0.25) is 0 Å². The number of aryl methyl sites for hydroxylation is 2. The van der Waals surface area contributed by atoms with Gasteiger partial charge in [-0.15, -0.1) is 12.4 Å². The molecule has 1 aliphatic heterocycles. The topological polar surface area (TPSA) is 67.4 Å². The number of sulfonamides is 1. The highest BCUT2D eigenvalue weighted by Crippen LogP contribution is 2.29. The normalized spacial score (nSPS) is 13.2. The molecule has 2 N–H and O–H groups in total. The molecule has 0 bridgehead atoms. The van der Waals surface area contributed by atoms with Crippen LogP contribution in [-0.4, -0.2) is 15.5 Å². The largest absolute Gasteiger partial charge is 0.495 e. The van der Waals surface area contributed by atoms with Crippen molar-refractivity contribution in [2.75, 3.05) is 7.11 Å². The van der Waals surface area contributed by atoms with E-state index < -0.39 is 10.0 Å². The number of ether oxygens (including phenoxy) is 1. The third kappa shape index (κ3) is 4.15. The lowest BCUT2D eigenvalue weighted by Crippen LogP contribution is -2.24. The molecular weight excluding hydrogens is 360 g/mol. The van der Waals surface area contributed by atoms with Crippen LogP contribution in [0.3, 0.4) is 0 Å². The second kappa shape index (κ2) is 7.74. The van der Waals surface area contributed by atoms with E-state index in [1.54, 1.807) is 13.0 Å². The van der Waals surface area contributed by atoms with Crippen molar-refractivity contribution in [2.45, 2.75) is 38.4 Å². The molecule has 136 valence electrons. The molecule has 0 saturated carbocycles. The number of rotatable bonds is 5. The van der Waals surface area contributed by atoms with Gasteiger partial charge in [-0.1, -0.05) is 24.3 Å². The minimum atomic E-state index is -3.65. The molecule has 0 atom stereocenters. The van der Waals surface area contributed by atoms with E-state index in [4.69, 9.17) is 4.74 Å². The molecule has 0 amide bonds. The highest BCUT2D eigenvalue weighted by molar-refractivity contribution is 7.89. The molecule has 2 aromatic rings. The van der Waals surface area contributed by atoms with E-state index in [9.17, 15) is 8.42 Å². The first-order valence-corrected chi connectivity index (χ1v) is 9.35. The molecule has 0 radical (unpaired) electrons. The number of hydrogen-bond acceptors (Lipinski definition) is 4. The smallest absolute Gasteiger partial charge is 0.244 e. The highest BCUT2D eigenvalue weighted by atomic mass is 35.5. The van der Waals surface area contributed by atoms with Crippen LogP contribution >= 0.6 is 12.4 Å². The van der Waals surface area contributed by atoms with E-state index >= 15 is 0 Å². The zero-order valence-electron chi connectivity index (χ0n) is 14.5. The fourth-order valence-corrected chi connectivity index (χ4v) is 4.51. The zero-order chi connectivity index (χ0) is 17.3. The first-order chi connectivity index (χ1) is 11.4. The van der Waals surface area contributed by atoms with E-state index in [-0.39, 0.29) is 23.8 Å². The quantitative estimate of drug-likeness (QED) is 0.834. The van der Waals surface area contributed by atoms with Crippen molar-refractivity contribution in [1.82, 2.24) is 10.0 Å². The first kappa shape index (κ1) is 19.7. The summed E-state index contributed by atoms with van der Waals surface area (Å²) in [7, 11) is -2.17. The van der Waals surface area contributed by atoms with Gasteiger partial charge in [0, 0.05) is 19.6 Å². The minimum Gasteiger partial charge on any atom is -0.495 e. The average Bonchev–Trinajstić information content (AvgIpc) is 2.99. The summed E-state index contributed by atoms with van der Waals surface area (Å²) in [6.45, 7) is 5.66. The van der Waals surface area contributed by atoms with Crippen molar-refractivity contribution in [3.63, 3.8) is 0 Å². The van der Waals surface area contributed by atoms with Gasteiger partial charge in [-0.05, 0) is 47.7 Å². The fraction of sp³-hybridized carbons (Fsp3) is 0.333. The van der Waals surface area contributed by atoms with Gasteiger partial charge in [0.05, 0.1) is 7.11 Å². The van der Waals surface area contributed by atoms with Crippen LogP contribution in [0.1, 0.15) is 27.8 Å². The number of nitrogens with one attached hydrogen (secondary N) is 2. The van der Waals surface area contributed by atoms with Crippen LogP contribution in [0, 0.1) is 13.8 Å². The molecule has 0 spiro atoms. The Hall–Kier alpha value is -1.60. The van der Waals surface area contributed by atoms with Gasteiger partial charge < -0.3 is 10.1 Å². The molecule has 0 aromatic heterocycles. The summed E-state index contributed by atoms with van der Waals surface area (Å²) in [5, 5.41) is 3.29. The molecule has 7 heteroatoms. The van der Waals surface area contributed by atoms with E-state index in [1.807, 2.05) is 19.1 Å². The van der Waals surface area contributed by atoms with Crippen molar-refractivity contribution in [2.24, 2.45) is 0 Å². The summed E-state index contributed by atoms with van der Waals surface area (Å²) in [4.78, 5) is 0.207. The average molecular weight is 383 g/mol. The number of hydrogen-bond donors (Lipinski definition) is 2. The Bertz CT molecular complexity index is 882. The molecule has 1 heterocycles. The fourth-order valence-electron chi connectivity index (χ4n) is 3.12. The Morgan fingerprint density at radius 2 is 1.84 bits per heavy atom. The monoisotopic (exact) mass is 382 g/mol. The molecule has 0 saturated heterocycles. The van der Waals surface area contributed by atoms with Crippen LogP contribution in [-0.2, 0) is 29.7 Å². The highest BCUT2D eigenvalue weighted by Gasteiger charge is 2.22. The summed E-state index contributed by atoms with van der Waals surface area (Å²) in [5.74, 6) is 0.373. The van der Waals surface area contributed by atoms with Crippen LogP contribution < -0.4 is 14.8 Å². The Labute approximate surface area is 155 Å². The van der Waals surface area contributed by atoms with Gasteiger partial charge in [0.2, 0.25) is 10.0 Å². The van der Waals surface area contributed by atoms with Crippen molar-refractivity contribution < 1.29 is 13.2 Å². The van der Waals surface area contributed by atoms with E-state index in [1.165, 1.54) is 18.2 Å². The number of methoxy groups -OCH3 is 1. The van der Waals surface area contributed by atoms with Crippen LogP contribution in [0.25, 0.3) is 0 Å². The molecule has 0 fully saturated rings. The molecule has 2 aromatic carbocycles. The predicted octanol–water partition coefficient (Wildman–Crippen LogP) is 2.82. The van der Waals surface area contributed by atoms with Crippen LogP contribution in [0.2, 0.25) is 0 Å². The predicted molar refractivity (Wildman–Crippen MR) is 101 cm³/mol. The number of halogens is 1. The van der Waals surface area contributed by atoms with E-state index in [0.717, 1.165) is 24.2 Å². The van der Waals surface area contributed by atoms with Gasteiger partial charge in [0.25, 0.3) is 0 Å². The standard InChI is InChI=1S/C18H22N2O3S.ClH/c1-12-6-13(2)18(17(7-12)23-3)24(21,22)20-9-14-4-5-15-10-19-11-16(15)8-14;/h4-8,19-20H,9-11H2,1-3H3;1H. The number of fused-ring (bicyclic) bond motifs is 1. The third-order valence-corrected chi connectivity index (χ3v) is 5.83. The van der Waals surface area contributed by atoms with Gasteiger partial charge in [-0.25, -0.2) is 13.1 Å². The molecule has 1 aliphatic rings. The van der Waals surface area contributed by atoms with Crippen molar-refractivity contribution >= 4 is 22.4 Å². The second-order valence-electron chi connectivity index (χ2n) is 6.14. The van der Waals surface area contributed by atoms with Crippen molar-refractivity contribution in [1.29, 1.82) is 0 Å². The maximum absolute atomic E-state index is 12.7. The van der Waals surface area contributed by atoms with Gasteiger partial charge >= 0.3 is 0 Å². The Balaban J connectivity index is 0.00000225. The molecule has 0 unspecified atom stereocenters. The van der Waals surface area contributed by atoms with Crippen molar-refractivity contribution in [3.8, 4) is 5.75 Å². The Morgan fingerprint density at radius 1 is 1.12 bits per heavy atom. The first-order valence-electron chi connectivity index (χ1n) is 7.87. The molecule has 0 aliphatic carbocycles. The summed E-state index contributed by atoms with van der Waals surface area (Å²) in [5.41, 5.74) is 5.10. The second-order valence-corrected chi connectivity index (χ2v) is 7.85.